The highest BCUT2D eigenvalue weighted by atomic mass is 14.8. The third kappa shape index (κ3) is 3.72. The van der Waals surface area contributed by atoms with E-state index in [0.717, 1.165) is 40.5 Å². The number of nitrogens with two attached hydrogens (primary N) is 2. The summed E-state index contributed by atoms with van der Waals surface area (Å²) in [6.45, 7) is 2.91. The van der Waals surface area contributed by atoms with E-state index in [4.69, 9.17) is 16.5 Å². The van der Waals surface area contributed by atoms with Crippen LogP contribution >= 0.6 is 0 Å². The van der Waals surface area contributed by atoms with Crippen LogP contribution < -0.4 is 11.5 Å². The molecule has 0 spiro atoms. The average Bonchev–Trinajstić information content (AvgIpc) is 2.68. The van der Waals surface area contributed by atoms with E-state index in [1.165, 1.54) is 0 Å². The normalized spacial score (nSPS) is 16.2. The highest BCUT2D eigenvalue weighted by Crippen LogP contribution is 2.29. The second-order valence-electron chi connectivity index (χ2n) is 6.79. The first-order valence-corrected chi connectivity index (χ1v) is 8.91. The Labute approximate surface area is 158 Å². The van der Waals surface area contributed by atoms with Gasteiger partial charge in [0.15, 0.2) is 0 Å². The Morgan fingerprint density at radius 1 is 0.889 bits per heavy atom. The number of rotatable bonds is 3. The number of nitrogen functional groups attached to an aromatic ring is 2. The van der Waals surface area contributed by atoms with E-state index in [1.807, 2.05) is 48.5 Å². The highest BCUT2D eigenvalue weighted by Gasteiger charge is 2.13. The smallest absolute Gasteiger partial charge is 0.0900 e. The predicted molar refractivity (Wildman–Crippen MR) is 111 cm³/mol. The number of nitrogens with zero attached hydrogens (tertiary/aromatic N) is 3. The van der Waals surface area contributed by atoms with E-state index >= 15 is 0 Å². The number of anilines is 2. The Morgan fingerprint density at radius 2 is 1.63 bits per heavy atom. The summed E-state index contributed by atoms with van der Waals surface area (Å²) in [5.74, 6) is 0.445. The lowest BCUT2D eigenvalue weighted by atomic mass is 10.00. The van der Waals surface area contributed by atoms with E-state index in [0.29, 0.717) is 17.3 Å². The first kappa shape index (κ1) is 17.0. The molecular weight excluding hydrogens is 334 g/mol. The van der Waals surface area contributed by atoms with Gasteiger partial charge in [0.2, 0.25) is 0 Å². The summed E-state index contributed by atoms with van der Waals surface area (Å²) in [6, 6.07) is 15.4. The summed E-state index contributed by atoms with van der Waals surface area (Å²) in [7, 11) is 0. The molecule has 27 heavy (non-hydrogen) atoms. The zero-order valence-electron chi connectivity index (χ0n) is 15.1. The minimum atomic E-state index is 0.445. The second kappa shape index (κ2) is 7.03. The van der Waals surface area contributed by atoms with E-state index in [1.54, 1.807) is 12.3 Å². The van der Waals surface area contributed by atoms with Crippen LogP contribution in [0.25, 0.3) is 22.5 Å². The van der Waals surface area contributed by atoms with E-state index < -0.39 is 0 Å². The van der Waals surface area contributed by atoms with Crippen molar-refractivity contribution >= 4 is 17.1 Å². The molecule has 4 rings (SSSR count). The minimum Gasteiger partial charge on any atom is -0.399 e. The summed E-state index contributed by atoms with van der Waals surface area (Å²) >= 11 is 0. The highest BCUT2D eigenvalue weighted by molar-refractivity contribution is 6.08. The number of aliphatic imine (C=N–C) groups is 1. The molecule has 2 aromatic heterocycles. The van der Waals surface area contributed by atoms with Crippen LogP contribution in [0.5, 0.6) is 0 Å². The molecule has 0 aliphatic carbocycles. The quantitative estimate of drug-likeness (QED) is 0.696. The number of benzene rings is 1. The van der Waals surface area contributed by atoms with Gasteiger partial charge in [-0.3, -0.25) is 9.98 Å². The number of hydrogen-bond donors (Lipinski definition) is 2. The molecule has 1 aromatic carbocycles. The maximum atomic E-state index is 6.00. The van der Waals surface area contributed by atoms with Crippen LogP contribution in [0.3, 0.4) is 0 Å². The fourth-order valence-electron chi connectivity index (χ4n) is 3.09. The number of pyridine rings is 2. The monoisotopic (exact) mass is 355 g/mol. The Hall–Kier alpha value is -3.47. The number of aromatic nitrogens is 2. The van der Waals surface area contributed by atoms with Crippen molar-refractivity contribution in [2.45, 2.75) is 6.92 Å². The van der Waals surface area contributed by atoms with Gasteiger partial charge in [0.1, 0.15) is 0 Å². The molecule has 0 saturated carbocycles. The topological polar surface area (TPSA) is 90.2 Å². The van der Waals surface area contributed by atoms with Crippen molar-refractivity contribution in [3.05, 3.63) is 72.6 Å². The first-order valence-electron chi connectivity index (χ1n) is 8.91. The van der Waals surface area contributed by atoms with Gasteiger partial charge in [-0.15, -0.1) is 0 Å². The number of allylic oxidation sites excluding steroid dienone is 1. The van der Waals surface area contributed by atoms with Crippen molar-refractivity contribution in [2.75, 3.05) is 18.0 Å². The van der Waals surface area contributed by atoms with Gasteiger partial charge in [-0.25, -0.2) is 4.98 Å². The maximum Gasteiger partial charge on any atom is 0.0900 e. The molecule has 0 fully saturated rings. The molecule has 4 N–H and O–H groups in total. The van der Waals surface area contributed by atoms with Crippen LogP contribution in [0.1, 0.15) is 12.6 Å². The summed E-state index contributed by atoms with van der Waals surface area (Å²) in [5, 5.41) is 0. The zero-order chi connectivity index (χ0) is 18.8. The van der Waals surface area contributed by atoms with Crippen LogP contribution in [0.4, 0.5) is 11.4 Å². The van der Waals surface area contributed by atoms with Gasteiger partial charge >= 0.3 is 0 Å². The molecule has 1 atom stereocenters. The molecule has 3 heterocycles. The van der Waals surface area contributed by atoms with Crippen molar-refractivity contribution < 1.29 is 0 Å². The fraction of sp³-hybridized carbons (Fsp3) is 0.136. The van der Waals surface area contributed by atoms with Crippen molar-refractivity contribution in [2.24, 2.45) is 10.9 Å². The Morgan fingerprint density at radius 3 is 2.30 bits per heavy atom. The first-order chi connectivity index (χ1) is 13.1. The second-order valence-corrected chi connectivity index (χ2v) is 6.79. The van der Waals surface area contributed by atoms with Gasteiger partial charge in [0.25, 0.3) is 0 Å². The third-order valence-corrected chi connectivity index (χ3v) is 4.46. The van der Waals surface area contributed by atoms with Crippen LogP contribution in [0, 0.1) is 5.92 Å². The number of hydrogen-bond acceptors (Lipinski definition) is 5. The molecule has 5 heteroatoms. The molecule has 3 aromatic rings. The molecule has 0 saturated heterocycles. The Bertz CT molecular complexity index is 1020. The summed E-state index contributed by atoms with van der Waals surface area (Å²) in [5.41, 5.74) is 18.5. The molecule has 0 bridgehead atoms. The molecule has 5 nitrogen and oxygen atoms in total. The fourth-order valence-corrected chi connectivity index (χ4v) is 3.09. The lowest BCUT2D eigenvalue weighted by molar-refractivity contribution is 0.734. The standard InChI is InChI=1S/C22H21N5/c1-14-5-6-20(26-13-14)22-11-16(15-8-17(23)12-18(24)9-15)10-21(27-22)19-4-2-3-7-25-19/h2-12,14H,13,23-24H2,1H3. The molecular formula is C22H21N5. The SMILES string of the molecule is CC1C=CC(c2cc(-c3cc(N)cc(N)c3)cc(-c3ccccn3)n2)=NC1. The largest absolute Gasteiger partial charge is 0.399 e. The minimum absolute atomic E-state index is 0.445. The molecule has 0 radical (unpaired) electrons. The van der Waals surface area contributed by atoms with Gasteiger partial charge in [0.05, 0.1) is 22.8 Å². The van der Waals surface area contributed by atoms with Gasteiger partial charge in [-0.05, 0) is 65.6 Å². The van der Waals surface area contributed by atoms with E-state index in [9.17, 15) is 0 Å². The van der Waals surface area contributed by atoms with Gasteiger partial charge in [0, 0.05) is 24.1 Å². The number of dihydropyridines is 1. The van der Waals surface area contributed by atoms with E-state index in [-0.39, 0.29) is 0 Å². The van der Waals surface area contributed by atoms with Gasteiger partial charge in [-0.2, -0.15) is 0 Å². The van der Waals surface area contributed by atoms with Gasteiger partial charge in [-0.1, -0.05) is 19.1 Å². The van der Waals surface area contributed by atoms with E-state index in [2.05, 4.69) is 23.0 Å². The molecule has 134 valence electrons. The van der Waals surface area contributed by atoms with Crippen molar-refractivity contribution in [1.29, 1.82) is 0 Å². The predicted octanol–water partition coefficient (Wildman–Crippen LogP) is 3.97. The maximum absolute atomic E-state index is 6.00. The van der Waals surface area contributed by atoms with Crippen LogP contribution in [-0.2, 0) is 0 Å². The molecule has 1 unspecified atom stereocenters. The van der Waals surface area contributed by atoms with Gasteiger partial charge < -0.3 is 11.5 Å². The lowest BCUT2D eigenvalue weighted by Crippen LogP contribution is -2.10. The molecule has 1 aliphatic rings. The Kier molecular flexibility index (Phi) is 4.42. The zero-order valence-corrected chi connectivity index (χ0v) is 15.1. The third-order valence-electron chi connectivity index (χ3n) is 4.46. The van der Waals surface area contributed by atoms with Crippen molar-refractivity contribution in [3.63, 3.8) is 0 Å². The van der Waals surface area contributed by atoms with Crippen molar-refractivity contribution in [1.82, 2.24) is 9.97 Å². The summed E-state index contributed by atoms with van der Waals surface area (Å²) in [4.78, 5) is 13.9. The molecule has 1 aliphatic heterocycles. The van der Waals surface area contributed by atoms with Crippen LogP contribution in [0.15, 0.2) is 71.9 Å². The summed E-state index contributed by atoms with van der Waals surface area (Å²) in [6.07, 6.45) is 5.97. The molecule has 0 amide bonds. The van der Waals surface area contributed by atoms with Crippen LogP contribution in [-0.4, -0.2) is 22.2 Å². The average molecular weight is 355 g/mol. The summed E-state index contributed by atoms with van der Waals surface area (Å²) < 4.78 is 0. The lowest BCUT2D eigenvalue weighted by Gasteiger charge is -2.14. The van der Waals surface area contributed by atoms with Crippen LogP contribution in [0.2, 0.25) is 0 Å². The van der Waals surface area contributed by atoms with Crippen molar-refractivity contribution in [3.8, 4) is 22.5 Å². The Balaban J connectivity index is 1.88.